The molecule has 13 heteroatoms. The van der Waals surface area contributed by atoms with Crippen LogP contribution in [0.1, 0.15) is 0 Å². The van der Waals surface area contributed by atoms with Crippen molar-refractivity contribution in [2.24, 2.45) is 0 Å². The molecular formula is AlLiO8P2Sr. The molecule has 0 N–H and O–H groups in total. The molecule has 0 saturated carbocycles. The number of phosphoric acid groups is 2. The minimum Gasteiger partial charge on any atom is -0.822 e. The Kier molecular flexibility index (Phi) is 29.4. The second kappa shape index (κ2) is 12.9. The molecule has 0 aromatic rings. The first-order valence-electron chi connectivity index (χ1n) is 1.46. The topological polar surface area (TPSA) is 172 Å². The average Bonchev–Trinajstić information content (AvgIpc) is 1.12. The van der Waals surface area contributed by atoms with Crippen molar-refractivity contribution in [3.05, 3.63) is 0 Å². The Morgan fingerprint density at radius 2 is 0.692 bits per heavy atom. The van der Waals surface area contributed by atoms with Gasteiger partial charge in [0.05, 0.1) is 0 Å². The van der Waals surface area contributed by atoms with E-state index in [1.165, 1.54) is 0 Å². The average molecular weight is 311 g/mol. The molecular weight excluding hydrogens is 311 g/mol. The van der Waals surface area contributed by atoms with Gasteiger partial charge in [-0.25, -0.2) is 0 Å². The molecule has 0 amide bonds. The van der Waals surface area contributed by atoms with E-state index in [1.54, 1.807) is 0 Å². The van der Waals surface area contributed by atoms with Crippen LogP contribution >= 0.6 is 15.6 Å². The Balaban J connectivity index is -0.0000000267. The van der Waals surface area contributed by atoms with Gasteiger partial charge in [-0.3, -0.25) is 0 Å². The summed E-state index contributed by atoms with van der Waals surface area (Å²) in [5, 5.41) is 0. The van der Waals surface area contributed by atoms with Gasteiger partial charge in [0.15, 0.2) is 0 Å². The van der Waals surface area contributed by atoms with Crippen LogP contribution in [0.5, 0.6) is 0 Å². The van der Waals surface area contributed by atoms with E-state index in [0.29, 0.717) is 0 Å². The van der Waals surface area contributed by atoms with Crippen molar-refractivity contribution in [2.45, 2.75) is 0 Å². The molecule has 0 radical (unpaired) electrons. The Labute approximate surface area is 134 Å². The van der Waals surface area contributed by atoms with E-state index in [2.05, 4.69) is 0 Å². The zero-order valence-electron chi connectivity index (χ0n) is 6.44. The number of hydrogen-bond donors (Lipinski definition) is 0. The first-order valence-corrected chi connectivity index (χ1v) is 4.38. The van der Waals surface area contributed by atoms with Gasteiger partial charge < -0.3 is 38.5 Å². The summed E-state index contributed by atoms with van der Waals surface area (Å²) in [4.78, 5) is 51.3. The third kappa shape index (κ3) is 305. The van der Waals surface area contributed by atoms with Crippen LogP contribution in [-0.2, 0) is 9.13 Å². The number of rotatable bonds is 0. The smallest absolute Gasteiger partial charge is 0.822 e. The van der Waals surface area contributed by atoms with Gasteiger partial charge in [0.1, 0.15) is 0 Å². The largest absolute Gasteiger partial charge is 3.00 e. The van der Waals surface area contributed by atoms with Crippen LogP contribution in [0.4, 0.5) is 0 Å². The monoisotopic (exact) mass is 312 g/mol. The zero-order valence-corrected chi connectivity index (χ0v) is 12.9. The molecule has 0 fully saturated rings. The van der Waals surface area contributed by atoms with Crippen LogP contribution < -0.4 is 48.2 Å². The standard InChI is InChI=1S/Al.Li.2H3O4P.Sr/c;;2*1-5(2,3)4;/h;;2*(H3,1,2,3,4);/q+3;+1;;;+2/p-6. The van der Waals surface area contributed by atoms with E-state index in [0.717, 1.165) is 0 Å². The van der Waals surface area contributed by atoms with Crippen LogP contribution in [0, 0.1) is 0 Å². The summed E-state index contributed by atoms with van der Waals surface area (Å²) >= 11 is 0. The number of hydrogen-bond acceptors (Lipinski definition) is 8. The fourth-order valence-corrected chi connectivity index (χ4v) is 0. The Bertz CT molecular complexity index is 134. The summed E-state index contributed by atoms with van der Waals surface area (Å²) in [6.07, 6.45) is 0. The molecule has 64 valence electrons. The molecule has 0 rings (SSSR count). The molecule has 0 heterocycles. The van der Waals surface area contributed by atoms with Gasteiger partial charge in [-0.15, -0.1) is 0 Å². The van der Waals surface area contributed by atoms with Crippen molar-refractivity contribution in [1.82, 2.24) is 0 Å². The summed E-state index contributed by atoms with van der Waals surface area (Å²) in [6, 6.07) is 0. The first kappa shape index (κ1) is 29.7. The van der Waals surface area contributed by atoms with Crippen molar-refractivity contribution in [1.29, 1.82) is 0 Å². The SMILES string of the molecule is O=P([O-])([O-])[O-].O=P([O-])([O-])[O-].[Al+3].[Li+].[Sr+2]. The molecule has 0 aliphatic carbocycles. The van der Waals surface area contributed by atoms with E-state index in [9.17, 15) is 0 Å². The molecule has 0 saturated heterocycles. The first-order chi connectivity index (χ1) is 4.00. The molecule has 0 bridgehead atoms. The van der Waals surface area contributed by atoms with E-state index in [4.69, 9.17) is 38.5 Å². The van der Waals surface area contributed by atoms with Crippen molar-refractivity contribution in [3.8, 4) is 0 Å². The van der Waals surface area contributed by atoms with Crippen molar-refractivity contribution < 1.29 is 57.4 Å². The molecule has 0 atom stereocenters. The third-order valence-corrected chi connectivity index (χ3v) is 0. The van der Waals surface area contributed by atoms with E-state index >= 15 is 0 Å². The Morgan fingerprint density at radius 3 is 0.692 bits per heavy atom. The van der Waals surface area contributed by atoms with Gasteiger partial charge in [0.2, 0.25) is 0 Å². The van der Waals surface area contributed by atoms with Gasteiger partial charge in [0, 0.05) is 0 Å². The van der Waals surface area contributed by atoms with Crippen LogP contribution in [0.2, 0.25) is 0 Å². The molecule has 0 aromatic heterocycles. The summed E-state index contributed by atoms with van der Waals surface area (Å²) in [5.74, 6) is 0. The normalized spacial score (nSPS) is 9.08. The third-order valence-electron chi connectivity index (χ3n) is 0. The summed E-state index contributed by atoms with van der Waals surface area (Å²) < 4.78 is 17.1. The van der Waals surface area contributed by atoms with Gasteiger partial charge in [0.25, 0.3) is 0 Å². The van der Waals surface area contributed by atoms with Crippen molar-refractivity contribution in [2.75, 3.05) is 0 Å². The molecule has 0 unspecified atom stereocenters. The van der Waals surface area contributed by atoms with Gasteiger partial charge in [-0.1, -0.05) is 0 Å². The van der Waals surface area contributed by atoms with E-state index in [-0.39, 0.29) is 81.7 Å². The maximum absolute atomic E-state index is 8.55. The Hall–Kier alpha value is 2.83. The second-order valence-electron chi connectivity index (χ2n) is 0.894. The fraction of sp³-hybridized carbons (Fsp3) is 0. The predicted molar refractivity (Wildman–Crippen MR) is 26.7 cm³/mol. The van der Waals surface area contributed by atoms with Gasteiger partial charge >= 0.3 is 81.7 Å². The Morgan fingerprint density at radius 1 is 0.692 bits per heavy atom. The maximum atomic E-state index is 8.55. The quantitative estimate of drug-likeness (QED) is 0.313. The molecule has 0 aliphatic rings. The van der Waals surface area contributed by atoms with Crippen LogP contribution in [0.25, 0.3) is 0 Å². The fourth-order valence-electron chi connectivity index (χ4n) is 0. The van der Waals surface area contributed by atoms with Gasteiger partial charge in [-0.2, -0.15) is 15.6 Å². The maximum Gasteiger partial charge on any atom is 3.00 e. The zero-order chi connectivity index (χ0) is 9.00. The molecule has 0 spiro atoms. The summed E-state index contributed by atoms with van der Waals surface area (Å²) in [5.41, 5.74) is 0. The second-order valence-corrected chi connectivity index (χ2v) is 2.68. The van der Waals surface area contributed by atoms with Crippen LogP contribution in [0.15, 0.2) is 0 Å². The van der Waals surface area contributed by atoms with Crippen molar-refractivity contribution >= 4 is 78.5 Å². The molecule has 0 aromatic carbocycles. The molecule has 13 heavy (non-hydrogen) atoms. The molecule has 0 aliphatic heterocycles. The van der Waals surface area contributed by atoms with Crippen LogP contribution in [0.3, 0.4) is 0 Å². The minimum absolute atomic E-state index is 0. The van der Waals surface area contributed by atoms with E-state index < -0.39 is 15.6 Å². The van der Waals surface area contributed by atoms with E-state index in [1.807, 2.05) is 0 Å². The predicted octanol–water partition coefficient (Wildman–Crippen LogP) is -9.41. The summed E-state index contributed by atoms with van der Waals surface area (Å²) in [7, 11) is -10.8. The van der Waals surface area contributed by atoms with Crippen molar-refractivity contribution in [3.63, 3.8) is 0 Å². The van der Waals surface area contributed by atoms with Gasteiger partial charge in [-0.05, 0) is 0 Å². The van der Waals surface area contributed by atoms with Crippen LogP contribution in [-0.4, -0.2) is 62.8 Å². The summed E-state index contributed by atoms with van der Waals surface area (Å²) in [6.45, 7) is 0. The minimum atomic E-state index is -5.39. The molecule has 8 nitrogen and oxygen atoms in total.